The molecule has 51 heavy (non-hydrogen) atoms. The summed E-state index contributed by atoms with van der Waals surface area (Å²) >= 11 is 0. The number of fused-ring (bicyclic) bond motifs is 3. The molecule has 3 aromatic carbocycles. The summed E-state index contributed by atoms with van der Waals surface area (Å²) in [4.78, 5) is 9.28. The Morgan fingerprint density at radius 3 is 2.27 bits per heavy atom. The van der Waals surface area contributed by atoms with Crippen molar-refractivity contribution in [3.8, 4) is 28.7 Å². The molecule has 0 saturated heterocycles. The van der Waals surface area contributed by atoms with Gasteiger partial charge in [-0.05, 0) is 81.3 Å². The Morgan fingerprint density at radius 2 is 1.53 bits per heavy atom. The van der Waals surface area contributed by atoms with E-state index in [-0.39, 0.29) is 31.9 Å². The number of para-hydroxylation sites is 1. The van der Waals surface area contributed by atoms with Gasteiger partial charge in [-0.25, -0.2) is 4.98 Å². The fraction of sp³-hybridized carbons (Fsp3) is 0.295. The van der Waals surface area contributed by atoms with Gasteiger partial charge >= 0.3 is 0 Å². The van der Waals surface area contributed by atoms with Crippen molar-refractivity contribution < 1.29 is 33.1 Å². The maximum absolute atomic E-state index is 9.23. The molecule has 0 radical (unpaired) electrons. The van der Waals surface area contributed by atoms with Crippen molar-refractivity contribution >= 4 is 21.8 Å². The van der Waals surface area contributed by atoms with Crippen molar-refractivity contribution in [3.05, 3.63) is 133 Å². The van der Waals surface area contributed by atoms with Gasteiger partial charge in [0.05, 0.1) is 11.4 Å². The second-order valence-corrected chi connectivity index (χ2v) is 16.0. The molecule has 4 heterocycles. The van der Waals surface area contributed by atoms with Crippen LogP contribution in [-0.2, 0) is 38.3 Å². The van der Waals surface area contributed by atoms with Crippen molar-refractivity contribution in [2.75, 3.05) is 0 Å². The maximum Gasteiger partial charge on any atom is 0.267 e. The Morgan fingerprint density at radius 1 is 0.784 bits per heavy atom. The first-order valence-corrected chi connectivity index (χ1v) is 17.1. The molecule has 0 N–H and O–H groups in total. The van der Waals surface area contributed by atoms with Crippen LogP contribution >= 0.6 is 0 Å². The Hall–Kier alpha value is -4.54. The molecule has 6 nitrogen and oxygen atoms in total. The van der Waals surface area contributed by atoms with Gasteiger partial charge in [0.25, 0.3) is 6.33 Å². The van der Waals surface area contributed by atoms with Crippen LogP contribution in [0, 0.1) is 23.9 Å². The summed E-state index contributed by atoms with van der Waals surface area (Å²) in [6.07, 6.45) is 8.63. The second kappa shape index (κ2) is 13.5. The molecule has 0 fully saturated rings. The van der Waals surface area contributed by atoms with Crippen LogP contribution in [0.3, 0.4) is 0 Å². The predicted molar refractivity (Wildman–Crippen MR) is 201 cm³/mol. The molecule has 0 aliphatic rings. The first-order chi connectivity index (χ1) is 24.4. The van der Waals surface area contributed by atoms with Crippen molar-refractivity contribution in [1.29, 1.82) is 0 Å². The number of hydrogen-bond donors (Lipinski definition) is 0. The van der Waals surface area contributed by atoms with Gasteiger partial charge in [0.2, 0.25) is 0 Å². The van der Waals surface area contributed by atoms with E-state index in [0.717, 1.165) is 38.9 Å². The van der Waals surface area contributed by atoms with Crippen molar-refractivity contribution in [2.24, 2.45) is 5.41 Å². The average molecular weight is 857 g/mol. The predicted octanol–water partition coefficient (Wildman–Crippen LogP) is 10.0. The van der Waals surface area contributed by atoms with Crippen LogP contribution < -0.4 is 9.30 Å². The third kappa shape index (κ3) is 7.58. The number of benzene rings is 3. The third-order valence-electron chi connectivity index (χ3n) is 8.69. The fourth-order valence-corrected chi connectivity index (χ4v) is 6.11. The van der Waals surface area contributed by atoms with Gasteiger partial charge in [-0.1, -0.05) is 104 Å². The standard InChI is InChI=1S/C44H45N5O.Pt/c1-42(2,3)25-34-28-47(29-48(34)32-14-12-13-30(21-32)43(4,5)6)33-23-36(27-45-26-33)50-35-17-18-38-37-15-10-11-16-39(37)49(40(38)24-35)41-22-31(19-20-46-41)44(7,8)9;/h10-22,26-28H,25H2,1-9H3;/q-2;/i25D2;. The molecule has 0 aliphatic carbocycles. The summed E-state index contributed by atoms with van der Waals surface area (Å²) < 4.78 is 30.5. The van der Waals surface area contributed by atoms with Crippen molar-refractivity contribution in [2.45, 2.75) is 79.5 Å². The van der Waals surface area contributed by atoms with E-state index in [4.69, 9.17) is 9.72 Å². The molecule has 0 saturated carbocycles. The van der Waals surface area contributed by atoms with Crippen LogP contribution in [0.4, 0.5) is 0 Å². The molecular formula is C44H45N5OPt-2. The number of aromatic nitrogens is 5. The number of ether oxygens (including phenoxy) is 1. The van der Waals surface area contributed by atoms with Crippen LogP contribution in [0.25, 0.3) is 39.0 Å². The molecule has 7 rings (SSSR count). The first-order valence-electron chi connectivity index (χ1n) is 18.1. The van der Waals surface area contributed by atoms with Crippen LogP contribution in [0.5, 0.6) is 11.5 Å². The average Bonchev–Trinajstić information content (AvgIpc) is 3.68. The van der Waals surface area contributed by atoms with Gasteiger partial charge in [0.15, 0.2) is 0 Å². The molecule has 0 atom stereocenters. The molecule has 0 unspecified atom stereocenters. The SMILES string of the molecule is [2H]C([2H])(c1cn(-c2[c-]c(Oc3[c-]c4c(cc3)c3ccccc3n4-c3cc(C(C)(C)C)ccn3)cnc2)[c-][n+]1-c1cccc(C(C)(C)C)c1)C(C)(C)C.[Pt]. The largest absolute Gasteiger partial charge is 0.508 e. The Balaban J connectivity index is 0.00000481. The molecule has 264 valence electrons. The smallest absolute Gasteiger partial charge is 0.267 e. The van der Waals surface area contributed by atoms with Crippen molar-refractivity contribution in [1.82, 2.24) is 19.1 Å². The molecule has 4 aromatic heterocycles. The van der Waals surface area contributed by atoms with Gasteiger partial charge in [-0.3, -0.25) is 4.57 Å². The van der Waals surface area contributed by atoms with Crippen LogP contribution in [-0.4, -0.2) is 19.1 Å². The van der Waals surface area contributed by atoms with E-state index in [1.165, 1.54) is 5.56 Å². The minimum absolute atomic E-state index is 0. The van der Waals surface area contributed by atoms with Crippen LogP contribution in [0.15, 0.2) is 97.6 Å². The van der Waals surface area contributed by atoms with Gasteiger partial charge in [0.1, 0.15) is 5.82 Å². The Kier molecular flexibility index (Phi) is 8.92. The van der Waals surface area contributed by atoms with Gasteiger partial charge in [0, 0.05) is 53.2 Å². The van der Waals surface area contributed by atoms with Gasteiger partial charge < -0.3 is 18.9 Å². The zero-order valence-corrected chi connectivity index (χ0v) is 33.0. The van der Waals surface area contributed by atoms with E-state index in [1.54, 1.807) is 23.2 Å². The summed E-state index contributed by atoms with van der Waals surface area (Å²) in [6, 6.07) is 31.5. The van der Waals surface area contributed by atoms with E-state index in [9.17, 15) is 2.74 Å². The topological polar surface area (TPSA) is 48.8 Å². The first kappa shape index (κ1) is 33.6. The van der Waals surface area contributed by atoms with Crippen LogP contribution in [0.1, 0.15) is 81.9 Å². The van der Waals surface area contributed by atoms with E-state index in [1.807, 2.05) is 61.9 Å². The summed E-state index contributed by atoms with van der Waals surface area (Å²) in [5, 5.41) is 2.15. The maximum atomic E-state index is 9.23. The van der Waals surface area contributed by atoms with Gasteiger partial charge in [-0.15, -0.1) is 23.6 Å². The quantitative estimate of drug-likeness (QED) is 0.124. The number of nitrogens with zero attached hydrogens (tertiary/aromatic N) is 5. The summed E-state index contributed by atoms with van der Waals surface area (Å²) in [5.74, 6) is 1.72. The second-order valence-electron chi connectivity index (χ2n) is 16.0. The Bertz CT molecular complexity index is 2440. The zero-order valence-electron chi connectivity index (χ0n) is 32.7. The van der Waals surface area contributed by atoms with Crippen molar-refractivity contribution in [3.63, 3.8) is 0 Å². The molecule has 0 spiro atoms. The van der Waals surface area contributed by atoms with Gasteiger partial charge in [-0.2, -0.15) is 6.07 Å². The zero-order chi connectivity index (χ0) is 37.2. The number of pyridine rings is 2. The molecule has 0 bridgehead atoms. The molecule has 0 amide bonds. The monoisotopic (exact) mass is 856 g/mol. The summed E-state index contributed by atoms with van der Waals surface area (Å²) in [6.45, 7) is 18.8. The number of hydrogen-bond acceptors (Lipinski definition) is 3. The fourth-order valence-electron chi connectivity index (χ4n) is 6.11. The Labute approximate surface area is 319 Å². The third-order valence-corrected chi connectivity index (χ3v) is 8.69. The summed E-state index contributed by atoms with van der Waals surface area (Å²) in [7, 11) is 0. The number of imidazole rings is 1. The van der Waals surface area contributed by atoms with E-state index in [0.29, 0.717) is 22.9 Å². The van der Waals surface area contributed by atoms with E-state index < -0.39 is 11.8 Å². The molecule has 7 heteroatoms. The van der Waals surface area contributed by atoms with Crippen LogP contribution in [0.2, 0.25) is 0 Å². The van der Waals surface area contributed by atoms with E-state index >= 15 is 0 Å². The minimum Gasteiger partial charge on any atom is -0.508 e. The summed E-state index contributed by atoms with van der Waals surface area (Å²) in [5.41, 5.74) is 5.29. The molecule has 0 aliphatic heterocycles. The number of rotatable bonds is 6. The molecular weight excluding hydrogens is 810 g/mol. The van der Waals surface area contributed by atoms with E-state index in [2.05, 4.69) is 112 Å². The molecule has 7 aromatic rings. The normalized spacial score (nSPS) is 13.2. The minimum atomic E-state index is -1.70.